The first-order valence-corrected chi connectivity index (χ1v) is 7.18. The molecule has 1 unspecified atom stereocenters. The highest BCUT2D eigenvalue weighted by atomic mass is 16.5. The Balaban J connectivity index is 2.10. The molecule has 21 heavy (non-hydrogen) atoms. The lowest BCUT2D eigenvalue weighted by Crippen LogP contribution is -2.12. The fourth-order valence-corrected chi connectivity index (χ4v) is 2.19. The van der Waals surface area contributed by atoms with Crippen molar-refractivity contribution in [1.29, 1.82) is 0 Å². The Morgan fingerprint density at radius 3 is 2.33 bits per heavy atom. The van der Waals surface area contributed by atoms with Gasteiger partial charge in [0.1, 0.15) is 11.6 Å². The molecule has 0 saturated heterocycles. The van der Waals surface area contributed by atoms with Crippen molar-refractivity contribution in [2.75, 3.05) is 31.4 Å². The maximum Gasteiger partial charge on any atom is 0.128 e. The lowest BCUT2D eigenvalue weighted by molar-refractivity contribution is 0.414. The van der Waals surface area contributed by atoms with Crippen LogP contribution in [-0.2, 0) is 0 Å². The summed E-state index contributed by atoms with van der Waals surface area (Å²) < 4.78 is 5.20. The van der Waals surface area contributed by atoms with E-state index in [0.29, 0.717) is 0 Å². The van der Waals surface area contributed by atoms with Crippen LogP contribution in [0.5, 0.6) is 5.75 Å². The quantitative estimate of drug-likeness (QED) is 0.877. The highest BCUT2D eigenvalue weighted by Crippen LogP contribution is 2.24. The summed E-state index contributed by atoms with van der Waals surface area (Å²) in [6.45, 7) is 2.17. The van der Waals surface area contributed by atoms with Crippen LogP contribution in [0, 0.1) is 0 Å². The number of rotatable bonds is 6. The molecule has 1 N–H and O–H groups in total. The van der Waals surface area contributed by atoms with Crippen LogP contribution in [0.25, 0.3) is 0 Å². The van der Waals surface area contributed by atoms with Crippen LogP contribution < -0.4 is 15.0 Å². The van der Waals surface area contributed by atoms with Crippen LogP contribution in [0.4, 0.5) is 11.5 Å². The van der Waals surface area contributed by atoms with Crippen molar-refractivity contribution in [3.05, 3.63) is 48.2 Å². The van der Waals surface area contributed by atoms with E-state index in [-0.39, 0.29) is 6.04 Å². The maximum atomic E-state index is 5.20. The number of nitrogens with one attached hydrogen (secondary N) is 1. The average Bonchev–Trinajstić information content (AvgIpc) is 2.53. The van der Waals surface area contributed by atoms with E-state index in [1.54, 1.807) is 7.11 Å². The molecule has 0 radical (unpaired) electrons. The fraction of sp³-hybridized carbons (Fsp3) is 0.353. The molecule has 0 aliphatic heterocycles. The van der Waals surface area contributed by atoms with Gasteiger partial charge in [-0.3, -0.25) is 0 Å². The van der Waals surface area contributed by atoms with Crippen molar-refractivity contribution in [2.45, 2.75) is 19.4 Å². The Hall–Kier alpha value is -2.23. The van der Waals surface area contributed by atoms with Gasteiger partial charge < -0.3 is 15.0 Å². The number of aromatic nitrogens is 1. The Morgan fingerprint density at radius 1 is 1.14 bits per heavy atom. The van der Waals surface area contributed by atoms with Crippen molar-refractivity contribution >= 4 is 11.5 Å². The molecule has 112 valence electrons. The number of anilines is 2. The fourth-order valence-electron chi connectivity index (χ4n) is 2.19. The first-order valence-electron chi connectivity index (χ1n) is 7.18. The van der Waals surface area contributed by atoms with E-state index in [4.69, 9.17) is 4.74 Å². The molecule has 0 aliphatic rings. The van der Waals surface area contributed by atoms with Crippen molar-refractivity contribution in [2.24, 2.45) is 0 Å². The van der Waals surface area contributed by atoms with E-state index in [2.05, 4.69) is 35.4 Å². The van der Waals surface area contributed by atoms with Gasteiger partial charge in [-0.25, -0.2) is 4.98 Å². The largest absolute Gasteiger partial charge is 0.497 e. The van der Waals surface area contributed by atoms with Gasteiger partial charge in [0.2, 0.25) is 0 Å². The number of methoxy groups -OCH3 is 1. The van der Waals surface area contributed by atoms with Crippen LogP contribution in [0.2, 0.25) is 0 Å². The van der Waals surface area contributed by atoms with Gasteiger partial charge in [-0.15, -0.1) is 0 Å². The van der Waals surface area contributed by atoms with Gasteiger partial charge in [-0.1, -0.05) is 19.1 Å². The molecule has 1 atom stereocenters. The molecule has 0 spiro atoms. The molecule has 4 nitrogen and oxygen atoms in total. The molecule has 2 rings (SSSR count). The minimum absolute atomic E-state index is 0.267. The molecule has 0 fully saturated rings. The maximum absolute atomic E-state index is 5.20. The summed E-state index contributed by atoms with van der Waals surface area (Å²) in [6, 6.07) is 12.5. The highest BCUT2D eigenvalue weighted by Gasteiger charge is 2.09. The topological polar surface area (TPSA) is 37.4 Å². The predicted octanol–water partition coefficient (Wildman–Crippen LogP) is 3.72. The lowest BCUT2D eigenvalue weighted by Gasteiger charge is -2.19. The van der Waals surface area contributed by atoms with E-state index < -0.39 is 0 Å². The van der Waals surface area contributed by atoms with Gasteiger partial charge in [0.05, 0.1) is 25.0 Å². The third-order valence-electron chi connectivity index (χ3n) is 3.47. The summed E-state index contributed by atoms with van der Waals surface area (Å²) in [5, 5.41) is 3.53. The Kier molecular flexibility index (Phi) is 5.04. The molecular formula is C17H23N3O. The Labute approximate surface area is 126 Å². The minimum Gasteiger partial charge on any atom is -0.497 e. The molecule has 0 aliphatic carbocycles. The van der Waals surface area contributed by atoms with Gasteiger partial charge in [-0.05, 0) is 36.2 Å². The van der Waals surface area contributed by atoms with Crippen LogP contribution in [0.15, 0.2) is 42.6 Å². The molecule has 0 saturated carbocycles. The van der Waals surface area contributed by atoms with E-state index >= 15 is 0 Å². The first kappa shape index (κ1) is 15.2. The van der Waals surface area contributed by atoms with Crippen LogP contribution in [0.3, 0.4) is 0 Å². The number of pyridine rings is 1. The van der Waals surface area contributed by atoms with Crippen molar-refractivity contribution < 1.29 is 4.74 Å². The Morgan fingerprint density at radius 2 is 1.86 bits per heavy atom. The number of hydrogen-bond acceptors (Lipinski definition) is 4. The second-order valence-corrected chi connectivity index (χ2v) is 5.18. The van der Waals surface area contributed by atoms with Crippen LogP contribution in [0.1, 0.15) is 24.9 Å². The van der Waals surface area contributed by atoms with E-state index in [9.17, 15) is 0 Å². The van der Waals surface area contributed by atoms with Gasteiger partial charge in [0, 0.05) is 14.1 Å². The summed E-state index contributed by atoms with van der Waals surface area (Å²) >= 11 is 0. The second kappa shape index (κ2) is 6.97. The van der Waals surface area contributed by atoms with E-state index in [1.165, 1.54) is 5.56 Å². The predicted molar refractivity (Wildman–Crippen MR) is 88.2 cm³/mol. The van der Waals surface area contributed by atoms with E-state index in [0.717, 1.165) is 23.7 Å². The zero-order valence-corrected chi connectivity index (χ0v) is 13.1. The molecule has 1 heterocycles. The average molecular weight is 285 g/mol. The second-order valence-electron chi connectivity index (χ2n) is 5.18. The van der Waals surface area contributed by atoms with Gasteiger partial charge in [-0.2, -0.15) is 0 Å². The Bertz CT molecular complexity index is 549. The molecule has 0 bridgehead atoms. The minimum atomic E-state index is 0.267. The molecule has 4 heteroatoms. The summed E-state index contributed by atoms with van der Waals surface area (Å²) in [6.07, 6.45) is 2.88. The first-order chi connectivity index (χ1) is 10.1. The molecule has 1 aromatic carbocycles. The van der Waals surface area contributed by atoms with Crippen molar-refractivity contribution in [1.82, 2.24) is 4.98 Å². The van der Waals surface area contributed by atoms with Gasteiger partial charge in [0.25, 0.3) is 0 Å². The number of nitrogens with zero attached hydrogens (tertiary/aromatic N) is 2. The zero-order valence-electron chi connectivity index (χ0n) is 13.1. The number of hydrogen-bond donors (Lipinski definition) is 1. The standard InChI is InChI=1S/C17H23N3O/c1-5-16(13-6-9-15(21-4)10-7-13)19-14-8-11-17(18-12-14)20(2)3/h6-12,16,19H,5H2,1-4H3. The summed E-state index contributed by atoms with van der Waals surface area (Å²) in [5.41, 5.74) is 2.28. The van der Waals surface area contributed by atoms with E-state index in [1.807, 2.05) is 43.4 Å². The van der Waals surface area contributed by atoms with Crippen molar-refractivity contribution in [3.8, 4) is 5.75 Å². The summed E-state index contributed by atoms with van der Waals surface area (Å²) in [7, 11) is 5.66. The lowest BCUT2D eigenvalue weighted by atomic mass is 10.0. The normalized spacial score (nSPS) is 11.8. The smallest absolute Gasteiger partial charge is 0.128 e. The van der Waals surface area contributed by atoms with Gasteiger partial charge in [0.15, 0.2) is 0 Å². The van der Waals surface area contributed by atoms with Crippen molar-refractivity contribution in [3.63, 3.8) is 0 Å². The monoisotopic (exact) mass is 285 g/mol. The molecule has 0 amide bonds. The molecule has 2 aromatic rings. The van der Waals surface area contributed by atoms with Crippen LogP contribution in [-0.4, -0.2) is 26.2 Å². The van der Waals surface area contributed by atoms with Gasteiger partial charge >= 0.3 is 0 Å². The number of benzene rings is 1. The molecular weight excluding hydrogens is 262 g/mol. The SMILES string of the molecule is CCC(Nc1ccc(N(C)C)nc1)c1ccc(OC)cc1. The number of ether oxygens (including phenoxy) is 1. The van der Waals surface area contributed by atoms with Crippen LogP contribution >= 0.6 is 0 Å². The molecule has 1 aromatic heterocycles. The third-order valence-corrected chi connectivity index (χ3v) is 3.47. The zero-order chi connectivity index (χ0) is 15.2. The third kappa shape index (κ3) is 3.88. The highest BCUT2D eigenvalue weighted by molar-refractivity contribution is 5.49. The summed E-state index contributed by atoms with van der Waals surface area (Å²) in [5.74, 6) is 1.84. The summed E-state index contributed by atoms with van der Waals surface area (Å²) in [4.78, 5) is 6.42.